The number of nitro benzene ring substituents is 1. The van der Waals surface area contributed by atoms with Gasteiger partial charge in [-0.1, -0.05) is 35.5 Å². The first-order valence-electron chi connectivity index (χ1n) is 8.29. The highest BCUT2D eigenvalue weighted by Crippen LogP contribution is 2.35. The van der Waals surface area contributed by atoms with Gasteiger partial charge in [0, 0.05) is 28.9 Å². The zero-order chi connectivity index (χ0) is 19.9. The lowest BCUT2D eigenvalue weighted by atomic mass is 10.2. The molecule has 1 N–H and O–H groups in total. The molecule has 7 nitrogen and oxygen atoms in total. The average molecular weight is 392 g/mol. The largest absolute Gasteiger partial charge is 0.283 e. The van der Waals surface area contributed by atoms with Crippen molar-refractivity contribution in [1.82, 2.24) is 10.4 Å². The maximum Gasteiger partial charge on any atom is 0.283 e. The van der Waals surface area contributed by atoms with Crippen molar-refractivity contribution in [2.45, 2.75) is 16.7 Å². The van der Waals surface area contributed by atoms with Crippen LogP contribution in [0.1, 0.15) is 21.5 Å². The topological polar surface area (TPSA) is 97.5 Å². The Morgan fingerprint density at radius 1 is 1.21 bits per heavy atom. The molecule has 0 saturated carbocycles. The van der Waals surface area contributed by atoms with Gasteiger partial charge in [0.25, 0.3) is 11.6 Å². The zero-order valence-electron chi connectivity index (χ0n) is 14.9. The maximum atomic E-state index is 11.9. The molecule has 0 unspecified atom stereocenters. The number of nitro groups is 1. The molecule has 0 aliphatic carbocycles. The summed E-state index contributed by atoms with van der Waals surface area (Å²) in [6.07, 6.45) is 4.35. The minimum atomic E-state index is -0.428. The first-order chi connectivity index (χ1) is 13.5. The molecule has 0 fully saturated rings. The van der Waals surface area contributed by atoms with Gasteiger partial charge in [-0.25, -0.2) is 5.43 Å². The van der Waals surface area contributed by atoms with Crippen LogP contribution in [0, 0.1) is 17.0 Å². The van der Waals surface area contributed by atoms with Gasteiger partial charge in [-0.2, -0.15) is 5.10 Å². The van der Waals surface area contributed by atoms with Gasteiger partial charge >= 0.3 is 0 Å². The third-order valence-corrected chi connectivity index (χ3v) is 4.80. The molecule has 0 aliphatic heterocycles. The number of hydrazone groups is 1. The molecule has 0 spiro atoms. The van der Waals surface area contributed by atoms with Crippen LogP contribution < -0.4 is 5.43 Å². The molecule has 0 saturated heterocycles. The summed E-state index contributed by atoms with van der Waals surface area (Å²) in [5, 5.41) is 15.3. The van der Waals surface area contributed by atoms with Crippen molar-refractivity contribution >= 4 is 29.6 Å². The van der Waals surface area contributed by atoms with Crippen LogP contribution in [0.3, 0.4) is 0 Å². The Bertz CT molecular complexity index is 1020. The smallest absolute Gasteiger partial charge is 0.267 e. The molecular formula is C20H16N4O3S. The van der Waals surface area contributed by atoms with Gasteiger partial charge in [-0.15, -0.1) is 0 Å². The fraction of sp³-hybridized carbons (Fsp3) is 0.0500. The zero-order valence-corrected chi connectivity index (χ0v) is 15.7. The summed E-state index contributed by atoms with van der Waals surface area (Å²) in [5.41, 5.74) is 4.35. The van der Waals surface area contributed by atoms with Crippen molar-refractivity contribution < 1.29 is 9.72 Å². The van der Waals surface area contributed by atoms with E-state index in [1.54, 1.807) is 30.5 Å². The predicted octanol–water partition coefficient (Wildman–Crippen LogP) is 4.21. The summed E-state index contributed by atoms with van der Waals surface area (Å²) in [4.78, 5) is 28.3. The number of amides is 1. The van der Waals surface area contributed by atoms with Crippen molar-refractivity contribution in [3.8, 4) is 0 Å². The second-order valence-electron chi connectivity index (χ2n) is 5.84. The van der Waals surface area contributed by atoms with Crippen LogP contribution in [0.2, 0.25) is 0 Å². The summed E-state index contributed by atoms with van der Waals surface area (Å²) in [7, 11) is 0. The first kappa shape index (κ1) is 19.2. The van der Waals surface area contributed by atoms with E-state index in [1.807, 2.05) is 31.2 Å². The van der Waals surface area contributed by atoms with Crippen molar-refractivity contribution in [3.05, 3.63) is 93.8 Å². The van der Waals surface area contributed by atoms with Gasteiger partial charge in [0.2, 0.25) is 0 Å². The van der Waals surface area contributed by atoms with Crippen LogP contribution in [0.5, 0.6) is 0 Å². The fourth-order valence-electron chi connectivity index (χ4n) is 2.30. The maximum absolute atomic E-state index is 11.9. The van der Waals surface area contributed by atoms with Crippen LogP contribution in [0.4, 0.5) is 5.69 Å². The molecule has 28 heavy (non-hydrogen) atoms. The van der Waals surface area contributed by atoms with Crippen LogP contribution in [-0.2, 0) is 0 Å². The molecule has 3 rings (SSSR count). The summed E-state index contributed by atoms with van der Waals surface area (Å²) in [6.45, 7) is 1.98. The molecule has 0 radical (unpaired) electrons. The Hall–Kier alpha value is -3.52. The lowest BCUT2D eigenvalue weighted by molar-refractivity contribution is -0.387. The number of aryl methyl sites for hydroxylation is 1. The average Bonchev–Trinajstić information content (AvgIpc) is 2.71. The monoisotopic (exact) mass is 392 g/mol. The molecule has 3 aromatic rings. The van der Waals surface area contributed by atoms with Crippen molar-refractivity contribution in [2.75, 3.05) is 0 Å². The highest BCUT2D eigenvalue weighted by molar-refractivity contribution is 7.99. The summed E-state index contributed by atoms with van der Waals surface area (Å²) in [5.74, 6) is -0.412. The quantitative estimate of drug-likeness (QED) is 0.385. The molecule has 1 amide bonds. The molecule has 1 heterocycles. The highest BCUT2D eigenvalue weighted by atomic mass is 32.2. The molecule has 140 valence electrons. The SMILES string of the molecule is Cc1ccc(Sc2ccc(C=NNC(=O)c3cccnc3)cc2[N+](=O)[O-])cc1. The predicted molar refractivity (Wildman–Crippen MR) is 108 cm³/mol. The molecule has 2 aromatic carbocycles. The van der Waals surface area contributed by atoms with E-state index in [0.717, 1.165) is 10.5 Å². The van der Waals surface area contributed by atoms with Crippen LogP contribution in [0.25, 0.3) is 0 Å². The van der Waals surface area contributed by atoms with Gasteiger partial charge < -0.3 is 0 Å². The number of hydrogen-bond donors (Lipinski definition) is 1. The van der Waals surface area contributed by atoms with E-state index < -0.39 is 10.8 Å². The van der Waals surface area contributed by atoms with Crippen LogP contribution in [-0.4, -0.2) is 22.0 Å². The fourth-order valence-corrected chi connectivity index (χ4v) is 3.20. The molecule has 8 heteroatoms. The van der Waals surface area contributed by atoms with Crippen molar-refractivity contribution in [3.63, 3.8) is 0 Å². The number of nitrogens with one attached hydrogen (secondary N) is 1. The third-order valence-electron chi connectivity index (χ3n) is 3.73. The van der Waals surface area contributed by atoms with Crippen LogP contribution in [0.15, 0.2) is 81.9 Å². The third kappa shape index (κ3) is 5.01. The van der Waals surface area contributed by atoms with E-state index in [0.29, 0.717) is 16.0 Å². The molecule has 0 aliphatic rings. The number of rotatable bonds is 6. The molecule has 0 bridgehead atoms. The van der Waals surface area contributed by atoms with E-state index in [-0.39, 0.29) is 5.69 Å². The highest BCUT2D eigenvalue weighted by Gasteiger charge is 2.15. The van der Waals surface area contributed by atoms with Gasteiger partial charge in [0.1, 0.15) is 0 Å². The number of benzene rings is 2. The second-order valence-corrected chi connectivity index (χ2v) is 6.96. The molecule has 1 aromatic heterocycles. The Kier molecular flexibility index (Phi) is 6.13. The standard InChI is InChI=1S/C20H16N4O3S/c1-14-4-7-17(8-5-14)28-19-9-6-15(11-18(19)24(26)27)12-22-23-20(25)16-3-2-10-21-13-16/h2-13H,1H3,(H,23,25). The van der Waals surface area contributed by atoms with E-state index in [9.17, 15) is 14.9 Å². The van der Waals surface area contributed by atoms with E-state index in [1.165, 1.54) is 30.2 Å². The summed E-state index contributed by atoms with van der Waals surface area (Å²) < 4.78 is 0. The van der Waals surface area contributed by atoms with E-state index in [2.05, 4.69) is 15.5 Å². The normalized spacial score (nSPS) is 10.8. The Morgan fingerprint density at radius 3 is 2.68 bits per heavy atom. The second kappa shape index (κ2) is 8.92. The summed E-state index contributed by atoms with van der Waals surface area (Å²) >= 11 is 1.32. The Balaban J connectivity index is 1.74. The van der Waals surface area contributed by atoms with Gasteiger partial charge in [-0.05, 0) is 37.3 Å². The van der Waals surface area contributed by atoms with Crippen molar-refractivity contribution in [1.29, 1.82) is 0 Å². The number of carbonyl (C=O) groups excluding carboxylic acids is 1. The Labute approximate surface area is 165 Å². The van der Waals surface area contributed by atoms with Gasteiger partial charge in [0.15, 0.2) is 0 Å². The van der Waals surface area contributed by atoms with E-state index >= 15 is 0 Å². The number of nitrogens with zero attached hydrogens (tertiary/aromatic N) is 3. The lowest BCUT2D eigenvalue weighted by Gasteiger charge is -2.05. The lowest BCUT2D eigenvalue weighted by Crippen LogP contribution is -2.17. The number of aromatic nitrogens is 1. The number of carbonyl (C=O) groups is 1. The minimum absolute atomic E-state index is 0.0203. The number of hydrogen-bond acceptors (Lipinski definition) is 6. The van der Waals surface area contributed by atoms with Gasteiger partial charge in [-0.3, -0.25) is 19.9 Å². The molecule has 0 atom stereocenters. The minimum Gasteiger partial charge on any atom is -0.267 e. The van der Waals surface area contributed by atoms with Gasteiger partial charge in [0.05, 0.1) is 21.6 Å². The van der Waals surface area contributed by atoms with Crippen molar-refractivity contribution in [2.24, 2.45) is 5.10 Å². The van der Waals surface area contributed by atoms with E-state index in [4.69, 9.17) is 0 Å². The molecular weight excluding hydrogens is 376 g/mol. The number of pyridine rings is 1. The summed E-state index contributed by atoms with van der Waals surface area (Å²) in [6, 6.07) is 15.8. The van der Waals surface area contributed by atoms with Crippen LogP contribution >= 0.6 is 11.8 Å². The Morgan fingerprint density at radius 2 is 2.00 bits per heavy atom. The first-order valence-corrected chi connectivity index (χ1v) is 9.11.